The Labute approximate surface area is 188 Å². The fourth-order valence-electron chi connectivity index (χ4n) is 3.64. The topological polar surface area (TPSA) is 128 Å². The third-order valence-corrected chi connectivity index (χ3v) is 5.41. The fourth-order valence-corrected chi connectivity index (χ4v) is 3.64. The first kappa shape index (κ1) is 25.1. The number of carbonyl (C=O) groups excluding carboxylic acids is 2. The van der Waals surface area contributed by atoms with Crippen molar-refractivity contribution in [3.05, 3.63) is 67.3 Å². The van der Waals surface area contributed by atoms with Crippen LogP contribution in [0.5, 0.6) is 0 Å². The molecule has 1 aliphatic rings. The predicted octanol–water partition coefficient (Wildman–Crippen LogP) is 1.53. The summed E-state index contributed by atoms with van der Waals surface area (Å²) in [4.78, 5) is 26.5. The Morgan fingerprint density at radius 1 is 1.34 bits per heavy atom. The van der Waals surface area contributed by atoms with E-state index in [0.717, 1.165) is 12.8 Å². The van der Waals surface area contributed by atoms with Crippen LogP contribution < -0.4 is 5.32 Å². The van der Waals surface area contributed by atoms with E-state index in [0.29, 0.717) is 24.2 Å². The Hall–Kier alpha value is -3.17. The maximum atomic E-state index is 12.6. The standard InChI is InChI=1S/C23H32N4O5/c1-5-8-17(16(4)28)14-26-13-11-19(25-26)15(3)24-22(31)20(29)21(30)23(32)27-12-7-10-18(27)9-6-2/h5-6,8,11,13,15,18,20-21,28-30H,1-2,4,7,9-10,12,14H2,3H3,(H,24,31)/b17-8-/t15?,18-,20?,21?/m0/s1. The summed E-state index contributed by atoms with van der Waals surface area (Å²) in [5.74, 6) is -1.64. The molecule has 2 rings (SSSR count). The van der Waals surface area contributed by atoms with E-state index in [4.69, 9.17) is 0 Å². The lowest BCUT2D eigenvalue weighted by Gasteiger charge is -2.28. The highest BCUT2D eigenvalue weighted by Crippen LogP contribution is 2.22. The first-order valence-electron chi connectivity index (χ1n) is 10.5. The van der Waals surface area contributed by atoms with Gasteiger partial charge < -0.3 is 25.5 Å². The Morgan fingerprint density at radius 2 is 2.06 bits per heavy atom. The maximum Gasteiger partial charge on any atom is 0.254 e. The van der Waals surface area contributed by atoms with Crippen LogP contribution in [0, 0.1) is 0 Å². The number of carbonyl (C=O) groups is 2. The van der Waals surface area contributed by atoms with Gasteiger partial charge >= 0.3 is 0 Å². The summed E-state index contributed by atoms with van der Waals surface area (Å²) in [6, 6.07) is 1.00. The smallest absolute Gasteiger partial charge is 0.254 e. The molecule has 0 aliphatic carbocycles. The quantitative estimate of drug-likeness (QED) is 0.233. The zero-order valence-corrected chi connectivity index (χ0v) is 18.4. The van der Waals surface area contributed by atoms with Gasteiger partial charge in [-0.3, -0.25) is 14.3 Å². The van der Waals surface area contributed by atoms with Crippen LogP contribution in [0.4, 0.5) is 0 Å². The molecule has 1 fully saturated rings. The molecule has 4 atom stereocenters. The van der Waals surface area contributed by atoms with Crippen molar-refractivity contribution in [1.82, 2.24) is 20.0 Å². The van der Waals surface area contributed by atoms with Gasteiger partial charge in [-0.1, -0.05) is 31.4 Å². The lowest BCUT2D eigenvalue weighted by molar-refractivity contribution is -0.154. The van der Waals surface area contributed by atoms with Crippen molar-refractivity contribution in [2.24, 2.45) is 0 Å². The van der Waals surface area contributed by atoms with Crippen LogP contribution in [0.1, 0.15) is 37.9 Å². The van der Waals surface area contributed by atoms with E-state index >= 15 is 0 Å². The summed E-state index contributed by atoms with van der Waals surface area (Å²) in [5.41, 5.74) is 1.03. The zero-order chi connectivity index (χ0) is 23.8. The number of amides is 2. The van der Waals surface area contributed by atoms with Gasteiger partial charge in [0.05, 0.1) is 18.3 Å². The number of rotatable bonds is 11. The molecule has 0 aromatic carbocycles. The first-order valence-corrected chi connectivity index (χ1v) is 10.5. The van der Waals surface area contributed by atoms with Crippen molar-refractivity contribution in [3.8, 4) is 0 Å². The first-order chi connectivity index (χ1) is 15.2. The Balaban J connectivity index is 1.98. The zero-order valence-electron chi connectivity index (χ0n) is 18.4. The van der Waals surface area contributed by atoms with Gasteiger partial charge in [-0.2, -0.15) is 5.10 Å². The van der Waals surface area contributed by atoms with Crippen LogP contribution in [0.25, 0.3) is 0 Å². The van der Waals surface area contributed by atoms with Crippen molar-refractivity contribution in [3.63, 3.8) is 0 Å². The summed E-state index contributed by atoms with van der Waals surface area (Å²) in [5, 5.41) is 37.1. The summed E-state index contributed by atoms with van der Waals surface area (Å²) in [7, 11) is 0. The molecule has 9 nitrogen and oxygen atoms in total. The average Bonchev–Trinajstić information content (AvgIpc) is 3.41. The average molecular weight is 445 g/mol. The lowest BCUT2D eigenvalue weighted by atomic mass is 10.1. The number of aromatic nitrogens is 2. The number of nitrogens with zero attached hydrogens (tertiary/aromatic N) is 3. The number of aliphatic hydroxyl groups excluding tert-OH is 3. The number of aliphatic hydroxyl groups is 3. The molecule has 174 valence electrons. The van der Waals surface area contributed by atoms with Gasteiger partial charge in [0.15, 0.2) is 12.2 Å². The highest BCUT2D eigenvalue weighted by Gasteiger charge is 2.37. The summed E-state index contributed by atoms with van der Waals surface area (Å²) in [6.45, 7) is 13.2. The van der Waals surface area contributed by atoms with Crippen molar-refractivity contribution in [1.29, 1.82) is 0 Å². The number of allylic oxidation sites excluding steroid dienone is 3. The van der Waals surface area contributed by atoms with Crippen molar-refractivity contribution in [2.75, 3.05) is 6.54 Å². The second-order valence-electron chi connectivity index (χ2n) is 7.78. The maximum absolute atomic E-state index is 12.6. The van der Waals surface area contributed by atoms with Crippen LogP contribution in [-0.4, -0.2) is 66.6 Å². The molecule has 32 heavy (non-hydrogen) atoms. The van der Waals surface area contributed by atoms with Crippen LogP contribution >= 0.6 is 0 Å². The molecule has 0 bridgehead atoms. The molecule has 1 aromatic rings. The number of hydrogen-bond donors (Lipinski definition) is 4. The minimum atomic E-state index is -1.91. The summed E-state index contributed by atoms with van der Waals surface area (Å²) >= 11 is 0. The van der Waals surface area contributed by atoms with Crippen molar-refractivity contribution >= 4 is 11.8 Å². The fraction of sp³-hybridized carbons (Fsp3) is 0.435. The SMILES string of the molecule is C=C/C=C(/Cn1ccc(C(C)NC(=O)C(O)C(O)C(=O)N2CCC[C@@H]2CC=C)n1)C(=C)O. The number of hydrogen-bond acceptors (Lipinski definition) is 6. The van der Waals surface area contributed by atoms with Crippen molar-refractivity contribution < 1.29 is 24.9 Å². The Bertz CT molecular complexity index is 891. The van der Waals surface area contributed by atoms with E-state index in [1.54, 1.807) is 36.0 Å². The predicted molar refractivity (Wildman–Crippen MR) is 120 cm³/mol. The van der Waals surface area contributed by atoms with Crippen LogP contribution in [0.2, 0.25) is 0 Å². The third kappa shape index (κ3) is 6.18. The molecule has 0 spiro atoms. The van der Waals surface area contributed by atoms with Gasteiger partial charge in [0, 0.05) is 24.4 Å². The summed E-state index contributed by atoms with van der Waals surface area (Å²) in [6.07, 6.45) is 4.94. The monoisotopic (exact) mass is 444 g/mol. The normalized spacial score (nSPS) is 19.2. The largest absolute Gasteiger partial charge is 0.508 e. The van der Waals surface area contributed by atoms with Gasteiger partial charge in [0.2, 0.25) is 0 Å². The van der Waals surface area contributed by atoms with Gasteiger partial charge in [-0.15, -0.1) is 6.58 Å². The van der Waals surface area contributed by atoms with E-state index in [1.165, 1.54) is 11.0 Å². The van der Waals surface area contributed by atoms with E-state index in [2.05, 4.69) is 30.2 Å². The van der Waals surface area contributed by atoms with Gasteiger partial charge in [-0.05, 0) is 32.3 Å². The van der Waals surface area contributed by atoms with E-state index in [1.807, 2.05) is 0 Å². The minimum absolute atomic E-state index is 0.0807. The van der Waals surface area contributed by atoms with Crippen LogP contribution in [-0.2, 0) is 16.1 Å². The third-order valence-electron chi connectivity index (χ3n) is 5.41. The second-order valence-corrected chi connectivity index (χ2v) is 7.78. The Kier molecular flexibility index (Phi) is 8.98. The number of likely N-dealkylation sites (tertiary alicyclic amines) is 1. The molecule has 4 N–H and O–H groups in total. The molecule has 0 saturated carbocycles. The molecule has 1 saturated heterocycles. The molecule has 1 aliphatic heterocycles. The molecule has 1 aromatic heterocycles. The van der Waals surface area contributed by atoms with Gasteiger partial charge in [0.25, 0.3) is 11.8 Å². The molecule has 2 amide bonds. The molecule has 9 heteroatoms. The van der Waals surface area contributed by atoms with E-state index in [-0.39, 0.29) is 18.3 Å². The molecular formula is C23H32N4O5. The minimum Gasteiger partial charge on any atom is -0.508 e. The molecular weight excluding hydrogens is 412 g/mol. The molecule has 3 unspecified atom stereocenters. The highest BCUT2D eigenvalue weighted by atomic mass is 16.3. The van der Waals surface area contributed by atoms with Crippen molar-refractivity contribution in [2.45, 2.75) is 57.0 Å². The second kappa shape index (κ2) is 11.4. The van der Waals surface area contributed by atoms with Crippen LogP contribution in [0.3, 0.4) is 0 Å². The van der Waals surface area contributed by atoms with Gasteiger partial charge in [-0.25, -0.2) is 0 Å². The summed E-state index contributed by atoms with van der Waals surface area (Å²) < 4.78 is 1.55. The molecule has 2 heterocycles. The van der Waals surface area contributed by atoms with Gasteiger partial charge in [0.1, 0.15) is 5.76 Å². The van der Waals surface area contributed by atoms with E-state index < -0.39 is 30.1 Å². The Morgan fingerprint density at radius 3 is 2.69 bits per heavy atom. The van der Waals surface area contributed by atoms with E-state index in [9.17, 15) is 24.9 Å². The highest BCUT2D eigenvalue weighted by molar-refractivity contribution is 5.91. The molecule has 0 radical (unpaired) electrons. The van der Waals surface area contributed by atoms with Crippen LogP contribution in [0.15, 0.2) is 61.6 Å². The lowest BCUT2D eigenvalue weighted by Crippen LogP contribution is -2.52. The number of nitrogens with one attached hydrogen (secondary N) is 1.